The van der Waals surface area contributed by atoms with Crippen molar-refractivity contribution >= 4 is 28.3 Å². The van der Waals surface area contributed by atoms with E-state index in [0.29, 0.717) is 28.5 Å². The minimum Gasteiger partial charge on any atom is -0.494 e. The minimum absolute atomic E-state index is 0.0682. The molecule has 0 fully saturated rings. The summed E-state index contributed by atoms with van der Waals surface area (Å²) >= 11 is 6.15. The molecule has 0 amide bonds. The lowest BCUT2D eigenvalue weighted by Crippen LogP contribution is -2.12. The molecule has 0 saturated heterocycles. The topological polar surface area (TPSA) is 48.4 Å². The predicted octanol–water partition coefficient (Wildman–Crippen LogP) is 4.55. The van der Waals surface area contributed by atoms with Crippen LogP contribution in [0.15, 0.2) is 54.7 Å². The number of ether oxygens (including phenoxy) is 2. The van der Waals surface area contributed by atoms with Gasteiger partial charge >= 0.3 is 0 Å². The average molecular weight is 342 g/mol. The van der Waals surface area contributed by atoms with Gasteiger partial charge < -0.3 is 9.47 Å². The molecule has 4 nitrogen and oxygen atoms in total. The van der Waals surface area contributed by atoms with E-state index in [-0.39, 0.29) is 12.4 Å². The van der Waals surface area contributed by atoms with E-state index in [2.05, 4.69) is 4.98 Å². The van der Waals surface area contributed by atoms with Crippen LogP contribution >= 0.6 is 11.6 Å². The van der Waals surface area contributed by atoms with Gasteiger partial charge in [-0.1, -0.05) is 11.6 Å². The lowest BCUT2D eigenvalue weighted by molar-refractivity contribution is 0.0922. The van der Waals surface area contributed by atoms with Crippen molar-refractivity contribution in [2.45, 2.75) is 6.92 Å². The molecule has 0 bridgehead atoms. The summed E-state index contributed by atoms with van der Waals surface area (Å²) in [4.78, 5) is 16.6. The molecule has 0 radical (unpaired) electrons. The first kappa shape index (κ1) is 16.3. The van der Waals surface area contributed by atoms with Crippen LogP contribution in [0.1, 0.15) is 17.3 Å². The van der Waals surface area contributed by atoms with E-state index >= 15 is 0 Å². The van der Waals surface area contributed by atoms with Crippen LogP contribution in [0.5, 0.6) is 11.5 Å². The number of halogens is 1. The van der Waals surface area contributed by atoms with Crippen LogP contribution in [0, 0.1) is 0 Å². The summed E-state index contributed by atoms with van der Waals surface area (Å²) in [6.45, 7) is 2.44. The van der Waals surface area contributed by atoms with Crippen molar-refractivity contribution in [1.29, 1.82) is 0 Å². The number of rotatable bonds is 6. The Morgan fingerprint density at radius 3 is 2.62 bits per heavy atom. The number of benzene rings is 2. The zero-order valence-corrected chi connectivity index (χ0v) is 13.9. The molecule has 1 aromatic heterocycles. The molecule has 3 rings (SSSR count). The summed E-state index contributed by atoms with van der Waals surface area (Å²) < 4.78 is 11.0. The van der Waals surface area contributed by atoms with E-state index in [1.54, 1.807) is 42.6 Å². The fraction of sp³-hybridized carbons (Fsp3) is 0.158. The van der Waals surface area contributed by atoms with Crippen LogP contribution in [0.4, 0.5) is 0 Å². The average Bonchev–Trinajstić information content (AvgIpc) is 2.62. The van der Waals surface area contributed by atoms with Crippen molar-refractivity contribution in [3.8, 4) is 11.5 Å². The van der Waals surface area contributed by atoms with Crippen LogP contribution < -0.4 is 9.47 Å². The zero-order chi connectivity index (χ0) is 16.9. The lowest BCUT2D eigenvalue weighted by atomic mass is 10.1. The highest BCUT2D eigenvalue weighted by Gasteiger charge is 2.11. The third-order valence-electron chi connectivity index (χ3n) is 3.53. The smallest absolute Gasteiger partial charge is 0.200 e. The van der Waals surface area contributed by atoms with Crippen molar-refractivity contribution in [3.05, 3.63) is 65.3 Å². The molecule has 0 N–H and O–H groups in total. The van der Waals surface area contributed by atoms with E-state index < -0.39 is 0 Å². The van der Waals surface area contributed by atoms with Crippen LogP contribution in [-0.2, 0) is 0 Å². The first-order chi connectivity index (χ1) is 11.7. The number of Topliss-reactive ketones (excluding diaryl/α,β-unsaturated/α-hetero) is 1. The van der Waals surface area contributed by atoms with Crippen LogP contribution in [-0.4, -0.2) is 24.0 Å². The lowest BCUT2D eigenvalue weighted by Gasteiger charge is -2.09. The van der Waals surface area contributed by atoms with Crippen LogP contribution in [0.25, 0.3) is 10.9 Å². The number of ketones is 1. The van der Waals surface area contributed by atoms with Crippen LogP contribution in [0.2, 0.25) is 5.02 Å². The first-order valence-corrected chi connectivity index (χ1v) is 7.99. The quantitative estimate of drug-likeness (QED) is 0.617. The molecule has 0 aliphatic heterocycles. The van der Waals surface area contributed by atoms with Gasteiger partial charge in [-0.2, -0.15) is 0 Å². The monoisotopic (exact) mass is 341 g/mol. The summed E-state index contributed by atoms with van der Waals surface area (Å²) in [6.07, 6.45) is 1.67. The van der Waals surface area contributed by atoms with Crippen molar-refractivity contribution in [2.24, 2.45) is 0 Å². The van der Waals surface area contributed by atoms with Gasteiger partial charge in [-0.05, 0) is 55.5 Å². The Hall–Kier alpha value is -2.59. The molecule has 3 aromatic rings. The maximum atomic E-state index is 12.3. The molecule has 2 aromatic carbocycles. The van der Waals surface area contributed by atoms with Gasteiger partial charge in [-0.15, -0.1) is 0 Å². The second-order valence-corrected chi connectivity index (χ2v) is 5.52. The van der Waals surface area contributed by atoms with Gasteiger partial charge in [0.05, 0.1) is 11.6 Å². The van der Waals surface area contributed by atoms with Gasteiger partial charge in [0.2, 0.25) is 0 Å². The van der Waals surface area contributed by atoms with Crippen LogP contribution in [0.3, 0.4) is 0 Å². The zero-order valence-electron chi connectivity index (χ0n) is 13.2. The molecule has 0 atom stereocenters. The largest absolute Gasteiger partial charge is 0.494 e. The number of carbonyl (C=O) groups is 1. The molecular formula is C19H16ClNO3. The standard InChI is InChI=1S/C19H16ClNO3/c1-2-23-14-7-5-13(6-8-14)17(22)12-24-18-10-9-16(20)15-4-3-11-21-19(15)18/h3-11H,2,12H2,1H3. The summed E-state index contributed by atoms with van der Waals surface area (Å²) in [7, 11) is 0. The van der Waals surface area contributed by atoms with E-state index in [9.17, 15) is 4.79 Å². The minimum atomic E-state index is -0.114. The predicted molar refractivity (Wildman–Crippen MR) is 94.2 cm³/mol. The second-order valence-electron chi connectivity index (χ2n) is 5.11. The maximum absolute atomic E-state index is 12.3. The second kappa shape index (κ2) is 7.32. The van der Waals surface area contributed by atoms with E-state index in [1.807, 2.05) is 19.1 Å². The Balaban J connectivity index is 1.74. The van der Waals surface area contributed by atoms with Crippen molar-refractivity contribution < 1.29 is 14.3 Å². The summed E-state index contributed by atoms with van der Waals surface area (Å²) in [5.74, 6) is 1.16. The van der Waals surface area contributed by atoms with E-state index in [1.165, 1.54) is 0 Å². The summed E-state index contributed by atoms with van der Waals surface area (Å²) in [5.41, 5.74) is 1.22. The number of hydrogen-bond donors (Lipinski definition) is 0. The van der Waals surface area contributed by atoms with Gasteiger partial charge in [0.25, 0.3) is 0 Å². The molecule has 5 heteroatoms. The fourth-order valence-corrected chi connectivity index (χ4v) is 2.57. The molecule has 122 valence electrons. The van der Waals surface area contributed by atoms with E-state index in [0.717, 1.165) is 11.1 Å². The Labute approximate surface area is 145 Å². The number of nitrogens with zero attached hydrogens (tertiary/aromatic N) is 1. The number of aromatic nitrogens is 1. The highest BCUT2D eigenvalue weighted by Crippen LogP contribution is 2.29. The highest BCUT2D eigenvalue weighted by molar-refractivity contribution is 6.35. The highest BCUT2D eigenvalue weighted by atomic mass is 35.5. The van der Waals surface area contributed by atoms with Gasteiger partial charge in [0.1, 0.15) is 17.0 Å². The SMILES string of the molecule is CCOc1ccc(C(=O)COc2ccc(Cl)c3cccnc23)cc1. The molecule has 0 saturated carbocycles. The molecule has 0 unspecified atom stereocenters. The molecule has 0 spiro atoms. The van der Waals surface area contributed by atoms with Crippen molar-refractivity contribution in [1.82, 2.24) is 4.98 Å². The fourth-order valence-electron chi connectivity index (χ4n) is 2.36. The first-order valence-electron chi connectivity index (χ1n) is 7.61. The molecule has 24 heavy (non-hydrogen) atoms. The summed E-state index contributed by atoms with van der Waals surface area (Å²) in [6, 6.07) is 14.1. The van der Waals surface area contributed by atoms with Crippen molar-refractivity contribution in [2.75, 3.05) is 13.2 Å². The Bertz CT molecular complexity index is 862. The Morgan fingerprint density at radius 1 is 1.08 bits per heavy atom. The van der Waals surface area contributed by atoms with E-state index in [4.69, 9.17) is 21.1 Å². The van der Waals surface area contributed by atoms with Gasteiger partial charge in [0.15, 0.2) is 12.4 Å². The van der Waals surface area contributed by atoms with Gasteiger partial charge in [-0.3, -0.25) is 9.78 Å². The molecular weight excluding hydrogens is 326 g/mol. The normalized spacial score (nSPS) is 10.6. The third kappa shape index (κ3) is 3.49. The van der Waals surface area contributed by atoms with Gasteiger partial charge in [-0.25, -0.2) is 0 Å². The Morgan fingerprint density at radius 2 is 1.88 bits per heavy atom. The number of hydrogen-bond acceptors (Lipinski definition) is 4. The number of fused-ring (bicyclic) bond motifs is 1. The molecule has 1 heterocycles. The summed E-state index contributed by atoms with van der Waals surface area (Å²) in [5, 5.41) is 1.40. The van der Waals surface area contributed by atoms with Crippen molar-refractivity contribution in [3.63, 3.8) is 0 Å². The molecule has 0 aliphatic carbocycles. The number of pyridine rings is 1. The maximum Gasteiger partial charge on any atom is 0.200 e. The molecule has 0 aliphatic rings. The Kier molecular flexibility index (Phi) is 4.96. The van der Waals surface area contributed by atoms with Gasteiger partial charge in [0, 0.05) is 17.1 Å². The third-order valence-corrected chi connectivity index (χ3v) is 3.86. The number of carbonyl (C=O) groups excluding carboxylic acids is 1.